The summed E-state index contributed by atoms with van der Waals surface area (Å²) in [4.78, 5) is 15.5. The molecule has 1 N–H and O–H groups in total. The molecular formula is C17H24N2O2. The van der Waals surface area contributed by atoms with E-state index in [2.05, 4.69) is 28.9 Å². The van der Waals surface area contributed by atoms with Crippen LogP contribution in [0.5, 0.6) is 0 Å². The lowest BCUT2D eigenvalue weighted by Gasteiger charge is -2.34. The smallest absolute Gasteiger partial charge is 0.328 e. The van der Waals surface area contributed by atoms with Crippen molar-refractivity contribution in [3.63, 3.8) is 0 Å². The van der Waals surface area contributed by atoms with Gasteiger partial charge in [0, 0.05) is 38.8 Å². The van der Waals surface area contributed by atoms with E-state index in [1.54, 1.807) is 6.08 Å². The van der Waals surface area contributed by atoms with E-state index in [0.717, 1.165) is 38.3 Å². The number of hydrogen-bond donors (Lipinski definition) is 1. The molecule has 21 heavy (non-hydrogen) atoms. The Labute approximate surface area is 126 Å². The van der Waals surface area contributed by atoms with Crippen LogP contribution in [0.15, 0.2) is 30.3 Å². The highest BCUT2D eigenvalue weighted by molar-refractivity contribution is 5.85. The summed E-state index contributed by atoms with van der Waals surface area (Å²) in [5.74, 6) is -0.913. The molecule has 0 aromatic heterocycles. The van der Waals surface area contributed by atoms with Crippen molar-refractivity contribution in [2.24, 2.45) is 0 Å². The molecule has 0 amide bonds. The molecule has 2 rings (SSSR count). The lowest BCUT2D eigenvalue weighted by molar-refractivity contribution is -0.131. The Hall–Kier alpha value is -1.65. The zero-order valence-electron chi connectivity index (χ0n) is 12.7. The maximum absolute atomic E-state index is 10.5. The van der Waals surface area contributed by atoms with E-state index in [1.165, 1.54) is 24.6 Å². The number of rotatable bonds is 6. The summed E-state index contributed by atoms with van der Waals surface area (Å²) >= 11 is 0. The van der Waals surface area contributed by atoms with E-state index in [9.17, 15) is 4.79 Å². The van der Waals surface area contributed by atoms with Crippen LogP contribution in [0.4, 0.5) is 0 Å². The summed E-state index contributed by atoms with van der Waals surface area (Å²) in [5.41, 5.74) is 2.21. The number of carboxylic acid groups (broad SMARTS) is 1. The predicted molar refractivity (Wildman–Crippen MR) is 85.1 cm³/mol. The average molecular weight is 288 g/mol. The molecule has 1 aromatic carbocycles. The minimum atomic E-state index is -0.913. The quantitative estimate of drug-likeness (QED) is 0.816. The Balaban J connectivity index is 1.82. The second-order valence-corrected chi connectivity index (χ2v) is 5.53. The van der Waals surface area contributed by atoms with Crippen LogP contribution in [0.3, 0.4) is 0 Å². The topological polar surface area (TPSA) is 43.8 Å². The third kappa shape index (κ3) is 5.33. The molecule has 1 fully saturated rings. The van der Waals surface area contributed by atoms with Gasteiger partial charge in [-0.1, -0.05) is 31.2 Å². The average Bonchev–Trinajstić information content (AvgIpc) is 2.49. The molecule has 0 aliphatic carbocycles. The van der Waals surface area contributed by atoms with Gasteiger partial charge in [0.25, 0.3) is 0 Å². The Morgan fingerprint density at radius 3 is 2.33 bits per heavy atom. The molecule has 1 heterocycles. The number of piperazine rings is 1. The van der Waals surface area contributed by atoms with E-state index in [0.29, 0.717) is 0 Å². The maximum Gasteiger partial charge on any atom is 0.328 e. The van der Waals surface area contributed by atoms with Gasteiger partial charge < -0.3 is 10.0 Å². The molecular weight excluding hydrogens is 264 g/mol. The highest BCUT2D eigenvalue weighted by atomic mass is 16.4. The first kappa shape index (κ1) is 15.7. The lowest BCUT2D eigenvalue weighted by Crippen LogP contribution is -2.45. The van der Waals surface area contributed by atoms with Gasteiger partial charge in [-0.3, -0.25) is 4.90 Å². The van der Waals surface area contributed by atoms with Crippen molar-refractivity contribution in [1.82, 2.24) is 9.80 Å². The Morgan fingerprint density at radius 1 is 1.14 bits per heavy atom. The second-order valence-electron chi connectivity index (χ2n) is 5.53. The molecule has 1 aromatic rings. The lowest BCUT2D eigenvalue weighted by atomic mass is 10.1. The van der Waals surface area contributed by atoms with Crippen LogP contribution >= 0.6 is 0 Å². The van der Waals surface area contributed by atoms with Crippen molar-refractivity contribution in [1.29, 1.82) is 0 Å². The minimum absolute atomic E-state index is 0.913. The largest absolute Gasteiger partial charge is 0.478 e. The molecule has 4 heteroatoms. The maximum atomic E-state index is 10.5. The Bertz CT molecular complexity index is 474. The number of carbonyl (C=O) groups is 1. The van der Waals surface area contributed by atoms with Crippen LogP contribution in [-0.4, -0.2) is 53.6 Å². The highest BCUT2D eigenvalue weighted by Gasteiger charge is 2.15. The summed E-state index contributed by atoms with van der Waals surface area (Å²) in [6.45, 7) is 8.98. The molecule has 114 valence electrons. The third-order valence-electron chi connectivity index (χ3n) is 3.81. The van der Waals surface area contributed by atoms with Gasteiger partial charge in [-0.25, -0.2) is 4.79 Å². The first-order valence-corrected chi connectivity index (χ1v) is 7.62. The number of carboxylic acids is 1. The highest BCUT2D eigenvalue weighted by Crippen LogP contribution is 2.11. The fraction of sp³-hybridized carbons (Fsp3) is 0.471. The van der Waals surface area contributed by atoms with Gasteiger partial charge in [-0.2, -0.15) is 0 Å². The van der Waals surface area contributed by atoms with Crippen molar-refractivity contribution in [3.05, 3.63) is 41.5 Å². The summed E-state index contributed by atoms with van der Waals surface area (Å²) in [6.07, 6.45) is 4.02. The van der Waals surface area contributed by atoms with Crippen LogP contribution in [0.2, 0.25) is 0 Å². The fourth-order valence-corrected chi connectivity index (χ4v) is 2.65. The van der Waals surface area contributed by atoms with Crippen LogP contribution in [0, 0.1) is 0 Å². The first-order chi connectivity index (χ1) is 10.2. The van der Waals surface area contributed by atoms with E-state index in [-0.39, 0.29) is 0 Å². The van der Waals surface area contributed by atoms with Crippen molar-refractivity contribution in [2.45, 2.75) is 19.9 Å². The van der Waals surface area contributed by atoms with Crippen molar-refractivity contribution >= 4 is 12.0 Å². The van der Waals surface area contributed by atoms with E-state index < -0.39 is 5.97 Å². The summed E-state index contributed by atoms with van der Waals surface area (Å²) in [6, 6.07) is 8.12. The summed E-state index contributed by atoms with van der Waals surface area (Å²) in [7, 11) is 0. The second kappa shape index (κ2) is 7.96. The number of aliphatic carboxylic acids is 1. The molecule has 1 aliphatic heterocycles. The first-order valence-electron chi connectivity index (χ1n) is 7.62. The van der Waals surface area contributed by atoms with Crippen molar-refractivity contribution in [2.75, 3.05) is 32.7 Å². The molecule has 0 saturated carbocycles. The van der Waals surface area contributed by atoms with Crippen LogP contribution < -0.4 is 0 Å². The van der Waals surface area contributed by atoms with Gasteiger partial charge in [-0.05, 0) is 30.2 Å². The zero-order valence-corrected chi connectivity index (χ0v) is 12.7. The Morgan fingerprint density at radius 2 is 1.76 bits per heavy atom. The predicted octanol–water partition coefficient (Wildman–Crippen LogP) is 2.31. The van der Waals surface area contributed by atoms with Gasteiger partial charge in [0.2, 0.25) is 0 Å². The summed E-state index contributed by atoms with van der Waals surface area (Å²) < 4.78 is 0. The van der Waals surface area contributed by atoms with Crippen LogP contribution in [0.1, 0.15) is 24.5 Å². The molecule has 0 atom stereocenters. The zero-order chi connectivity index (χ0) is 15.1. The van der Waals surface area contributed by atoms with Gasteiger partial charge in [0.05, 0.1) is 0 Å². The van der Waals surface area contributed by atoms with Gasteiger partial charge >= 0.3 is 5.97 Å². The third-order valence-corrected chi connectivity index (χ3v) is 3.81. The molecule has 0 bridgehead atoms. The minimum Gasteiger partial charge on any atom is -0.478 e. The SMILES string of the molecule is CCCN1CCN(Cc2ccc(C=CC(=O)O)cc2)CC1. The van der Waals surface area contributed by atoms with Crippen LogP contribution in [0.25, 0.3) is 6.08 Å². The normalized spacial score (nSPS) is 17.4. The number of benzene rings is 1. The van der Waals surface area contributed by atoms with E-state index in [1.807, 2.05) is 12.1 Å². The molecule has 4 nitrogen and oxygen atoms in total. The van der Waals surface area contributed by atoms with Crippen molar-refractivity contribution in [3.8, 4) is 0 Å². The fourth-order valence-electron chi connectivity index (χ4n) is 2.65. The molecule has 1 saturated heterocycles. The Kier molecular flexibility index (Phi) is 5.96. The van der Waals surface area contributed by atoms with Gasteiger partial charge in [0.15, 0.2) is 0 Å². The monoisotopic (exact) mass is 288 g/mol. The molecule has 1 aliphatic rings. The number of hydrogen-bond acceptors (Lipinski definition) is 3. The number of nitrogens with zero attached hydrogens (tertiary/aromatic N) is 2. The molecule has 0 spiro atoms. The van der Waals surface area contributed by atoms with Gasteiger partial charge in [-0.15, -0.1) is 0 Å². The van der Waals surface area contributed by atoms with Crippen molar-refractivity contribution < 1.29 is 9.90 Å². The van der Waals surface area contributed by atoms with Gasteiger partial charge in [0.1, 0.15) is 0 Å². The molecule has 0 unspecified atom stereocenters. The molecule has 0 radical (unpaired) electrons. The summed E-state index contributed by atoms with van der Waals surface area (Å²) in [5, 5.41) is 8.61. The standard InChI is InChI=1S/C17H24N2O2/c1-2-9-18-10-12-19(13-11-18)14-16-5-3-15(4-6-16)7-8-17(20)21/h3-8H,2,9-14H2,1H3,(H,20,21). The van der Waals surface area contributed by atoms with E-state index in [4.69, 9.17) is 5.11 Å². The van der Waals surface area contributed by atoms with E-state index >= 15 is 0 Å². The van der Waals surface area contributed by atoms with Crippen LogP contribution in [-0.2, 0) is 11.3 Å².